The lowest BCUT2D eigenvalue weighted by atomic mass is 10.2. The summed E-state index contributed by atoms with van der Waals surface area (Å²) in [6.07, 6.45) is 0. The topological polar surface area (TPSA) is 55.3 Å². The van der Waals surface area contributed by atoms with Gasteiger partial charge in [-0.2, -0.15) is 0 Å². The summed E-state index contributed by atoms with van der Waals surface area (Å²) in [5, 5.41) is 0. The number of para-hydroxylation sites is 1. The van der Waals surface area contributed by atoms with Crippen LogP contribution in [0.2, 0.25) is 0 Å². The first-order chi connectivity index (χ1) is 10.2. The lowest BCUT2D eigenvalue weighted by Crippen LogP contribution is -2.23. The third-order valence-corrected chi connectivity index (χ3v) is 3.36. The van der Waals surface area contributed by atoms with Gasteiger partial charge in [0.1, 0.15) is 11.3 Å². The highest BCUT2D eigenvalue weighted by Crippen LogP contribution is 2.23. The van der Waals surface area contributed by atoms with E-state index in [-0.39, 0.29) is 5.82 Å². The SMILES string of the molecule is CCN(Cc1nc2ccc(N)cc2o1)c1ccccc1F. The van der Waals surface area contributed by atoms with Crippen LogP contribution in [0.25, 0.3) is 11.1 Å². The number of hydrogen-bond donors (Lipinski definition) is 1. The molecule has 0 spiro atoms. The third-order valence-electron chi connectivity index (χ3n) is 3.36. The fourth-order valence-corrected chi connectivity index (χ4v) is 2.30. The normalized spacial score (nSPS) is 11.0. The minimum absolute atomic E-state index is 0.250. The summed E-state index contributed by atoms with van der Waals surface area (Å²) in [5.41, 5.74) is 8.30. The molecule has 5 heteroatoms. The fraction of sp³-hybridized carbons (Fsp3) is 0.188. The van der Waals surface area contributed by atoms with Gasteiger partial charge in [0.15, 0.2) is 5.58 Å². The Morgan fingerprint density at radius 2 is 2.05 bits per heavy atom. The average molecular weight is 285 g/mol. The van der Waals surface area contributed by atoms with Crippen LogP contribution < -0.4 is 10.6 Å². The molecule has 0 atom stereocenters. The van der Waals surface area contributed by atoms with E-state index in [2.05, 4.69) is 4.98 Å². The highest BCUT2D eigenvalue weighted by atomic mass is 19.1. The zero-order chi connectivity index (χ0) is 14.8. The molecule has 3 aromatic rings. The summed E-state index contributed by atoms with van der Waals surface area (Å²) in [6.45, 7) is 3.03. The number of nitrogens with zero attached hydrogens (tertiary/aromatic N) is 2. The van der Waals surface area contributed by atoms with Gasteiger partial charge >= 0.3 is 0 Å². The molecule has 1 heterocycles. The zero-order valence-electron chi connectivity index (χ0n) is 11.7. The molecule has 0 radical (unpaired) electrons. The minimum Gasteiger partial charge on any atom is -0.439 e. The Bertz CT molecular complexity index is 769. The van der Waals surface area contributed by atoms with Gasteiger partial charge in [0.05, 0.1) is 12.2 Å². The maximum atomic E-state index is 13.9. The molecule has 21 heavy (non-hydrogen) atoms. The Labute approximate surface area is 122 Å². The molecule has 0 aliphatic rings. The van der Waals surface area contributed by atoms with E-state index in [1.165, 1.54) is 6.07 Å². The highest BCUT2D eigenvalue weighted by Gasteiger charge is 2.13. The van der Waals surface area contributed by atoms with Crippen molar-refractivity contribution in [3.05, 3.63) is 54.2 Å². The number of benzene rings is 2. The Morgan fingerprint density at radius 3 is 2.81 bits per heavy atom. The van der Waals surface area contributed by atoms with Crippen LogP contribution in [0.3, 0.4) is 0 Å². The van der Waals surface area contributed by atoms with Gasteiger partial charge in [-0.1, -0.05) is 12.1 Å². The zero-order valence-corrected chi connectivity index (χ0v) is 11.7. The van der Waals surface area contributed by atoms with Crippen molar-refractivity contribution in [2.75, 3.05) is 17.2 Å². The van der Waals surface area contributed by atoms with E-state index in [4.69, 9.17) is 10.2 Å². The molecule has 1 aromatic heterocycles. The van der Waals surface area contributed by atoms with E-state index < -0.39 is 0 Å². The van der Waals surface area contributed by atoms with Crippen LogP contribution in [0, 0.1) is 5.82 Å². The summed E-state index contributed by atoms with van der Waals surface area (Å²) in [4.78, 5) is 6.29. The van der Waals surface area contributed by atoms with Crippen molar-refractivity contribution in [1.29, 1.82) is 0 Å². The maximum Gasteiger partial charge on any atom is 0.215 e. The molecule has 3 rings (SSSR count). The smallest absolute Gasteiger partial charge is 0.215 e. The number of hydrogen-bond acceptors (Lipinski definition) is 4. The van der Waals surface area contributed by atoms with Crippen LogP contribution in [0.15, 0.2) is 46.9 Å². The molecule has 0 saturated heterocycles. The standard InChI is InChI=1S/C16H16FN3O/c1-2-20(14-6-4-3-5-12(14)17)10-16-19-13-8-7-11(18)9-15(13)21-16/h3-9H,2,10,18H2,1H3. The molecule has 0 aliphatic heterocycles. The van der Waals surface area contributed by atoms with Gasteiger partial charge in [-0.05, 0) is 31.2 Å². The van der Waals surface area contributed by atoms with Crippen molar-refractivity contribution in [1.82, 2.24) is 4.98 Å². The Kier molecular flexibility index (Phi) is 3.48. The number of oxazole rings is 1. The molecule has 0 amide bonds. The van der Waals surface area contributed by atoms with Crippen molar-refractivity contribution in [3.8, 4) is 0 Å². The maximum absolute atomic E-state index is 13.9. The highest BCUT2D eigenvalue weighted by molar-refractivity contribution is 5.76. The number of halogens is 1. The number of rotatable bonds is 4. The van der Waals surface area contributed by atoms with Crippen LogP contribution in [0.4, 0.5) is 15.8 Å². The van der Waals surface area contributed by atoms with E-state index >= 15 is 0 Å². The van der Waals surface area contributed by atoms with Gasteiger partial charge in [0, 0.05) is 18.3 Å². The van der Waals surface area contributed by atoms with Crippen LogP contribution in [0.1, 0.15) is 12.8 Å². The monoisotopic (exact) mass is 285 g/mol. The Morgan fingerprint density at radius 1 is 1.24 bits per heavy atom. The predicted molar refractivity (Wildman–Crippen MR) is 81.5 cm³/mol. The fourth-order valence-electron chi connectivity index (χ4n) is 2.30. The summed E-state index contributed by atoms with van der Waals surface area (Å²) in [7, 11) is 0. The first-order valence-electron chi connectivity index (χ1n) is 6.82. The summed E-state index contributed by atoms with van der Waals surface area (Å²) < 4.78 is 19.6. The number of anilines is 2. The Hall–Kier alpha value is -2.56. The van der Waals surface area contributed by atoms with Crippen molar-refractivity contribution in [2.24, 2.45) is 0 Å². The van der Waals surface area contributed by atoms with Crippen molar-refractivity contribution >= 4 is 22.5 Å². The van der Waals surface area contributed by atoms with Gasteiger partial charge in [-0.3, -0.25) is 0 Å². The molecule has 2 aromatic carbocycles. The van der Waals surface area contributed by atoms with Crippen LogP contribution >= 0.6 is 0 Å². The predicted octanol–water partition coefficient (Wildman–Crippen LogP) is 3.58. The summed E-state index contributed by atoms with van der Waals surface area (Å²) in [5.74, 6) is 0.292. The van der Waals surface area contributed by atoms with Gasteiger partial charge in [-0.25, -0.2) is 9.37 Å². The molecule has 0 saturated carbocycles. The van der Waals surface area contributed by atoms with Crippen molar-refractivity contribution in [2.45, 2.75) is 13.5 Å². The van der Waals surface area contributed by atoms with Crippen LogP contribution in [-0.2, 0) is 6.54 Å². The van der Waals surface area contributed by atoms with Gasteiger partial charge in [-0.15, -0.1) is 0 Å². The first-order valence-corrected chi connectivity index (χ1v) is 6.82. The molecule has 0 aliphatic carbocycles. The minimum atomic E-state index is -0.250. The van der Waals surface area contributed by atoms with Crippen LogP contribution in [-0.4, -0.2) is 11.5 Å². The van der Waals surface area contributed by atoms with Crippen LogP contribution in [0.5, 0.6) is 0 Å². The van der Waals surface area contributed by atoms with E-state index in [0.717, 1.165) is 5.52 Å². The third kappa shape index (κ3) is 2.67. The molecule has 2 N–H and O–H groups in total. The van der Waals surface area contributed by atoms with E-state index in [1.54, 1.807) is 24.3 Å². The summed E-state index contributed by atoms with van der Waals surface area (Å²) >= 11 is 0. The van der Waals surface area contributed by atoms with Gasteiger partial charge in [0.2, 0.25) is 5.89 Å². The lowest BCUT2D eigenvalue weighted by molar-refractivity contribution is 0.518. The second-order valence-electron chi connectivity index (χ2n) is 4.80. The molecule has 0 fully saturated rings. The van der Waals surface area contributed by atoms with Crippen molar-refractivity contribution < 1.29 is 8.81 Å². The first kappa shape index (κ1) is 13.4. The Balaban J connectivity index is 1.90. The molecule has 4 nitrogen and oxygen atoms in total. The van der Waals surface area contributed by atoms with E-state index in [1.807, 2.05) is 24.0 Å². The number of nitrogen functional groups attached to an aromatic ring is 1. The lowest BCUT2D eigenvalue weighted by Gasteiger charge is -2.21. The van der Waals surface area contributed by atoms with Gasteiger partial charge < -0.3 is 15.1 Å². The van der Waals surface area contributed by atoms with Gasteiger partial charge in [0.25, 0.3) is 0 Å². The average Bonchev–Trinajstić information content (AvgIpc) is 2.87. The molecule has 108 valence electrons. The van der Waals surface area contributed by atoms with Crippen molar-refractivity contribution in [3.63, 3.8) is 0 Å². The molecular weight excluding hydrogens is 269 g/mol. The number of aromatic nitrogens is 1. The molecule has 0 unspecified atom stereocenters. The largest absolute Gasteiger partial charge is 0.439 e. The quantitative estimate of drug-likeness (QED) is 0.744. The second kappa shape index (κ2) is 5.44. The molecule has 0 bridgehead atoms. The molecular formula is C16H16FN3O. The van der Waals surface area contributed by atoms with E-state index in [0.29, 0.717) is 35.9 Å². The van der Waals surface area contributed by atoms with E-state index in [9.17, 15) is 4.39 Å². The number of nitrogens with two attached hydrogens (primary N) is 1. The number of fused-ring (bicyclic) bond motifs is 1. The second-order valence-corrected chi connectivity index (χ2v) is 4.80. The summed E-state index contributed by atoms with van der Waals surface area (Å²) in [6, 6.07) is 12.0.